The molecule has 0 saturated carbocycles. The van der Waals surface area contributed by atoms with E-state index in [1.54, 1.807) is 0 Å². The lowest BCUT2D eigenvalue weighted by atomic mass is 10.2. The van der Waals surface area contributed by atoms with Crippen LogP contribution in [0.25, 0.3) is 0 Å². The van der Waals surface area contributed by atoms with Crippen LogP contribution in [-0.2, 0) is 0 Å². The van der Waals surface area contributed by atoms with E-state index in [-0.39, 0.29) is 16.6 Å². The number of thiocarbonyl (C=S) groups is 1. The Morgan fingerprint density at radius 2 is 2.15 bits per heavy atom. The van der Waals surface area contributed by atoms with Crippen molar-refractivity contribution < 1.29 is 22.6 Å². The second-order valence-corrected chi connectivity index (χ2v) is 3.99. The summed E-state index contributed by atoms with van der Waals surface area (Å²) >= 11 is 4.55. The SMILES string of the molecule is COc1cc(C=NNC(N)=S)ccc1OCC(F)(F)F. The average molecular weight is 307 g/mol. The summed E-state index contributed by atoms with van der Waals surface area (Å²) in [5.74, 6) is 0.151. The zero-order valence-corrected chi connectivity index (χ0v) is 11.2. The smallest absolute Gasteiger partial charge is 0.422 e. The number of alkyl halides is 3. The molecule has 0 aliphatic heterocycles. The minimum absolute atomic E-state index is 0.00153. The molecule has 0 aromatic heterocycles. The first-order chi connectivity index (χ1) is 9.31. The Balaban J connectivity index is 2.80. The minimum Gasteiger partial charge on any atom is -0.493 e. The van der Waals surface area contributed by atoms with Crippen molar-refractivity contribution in [1.82, 2.24) is 5.43 Å². The molecule has 1 aromatic rings. The standard InChI is InChI=1S/C11H12F3N3O2S/c1-18-9-4-7(5-16-17-10(15)20)2-3-8(9)19-6-11(12,13)14/h2-5H,6H2,1H3,(H3,15,17,20). The third kappa shape index (κ3) is 5.74. The number of halogens is 3. The first kappa shape index (κ1) is 16.0. The molecule has 0 fully saturated rings. The van der Waals surface area contributed by atoms with E-state index in [0.717, 1.165) is 0 Å². The summed E-state index contributed by atoms with van der Waals surface area (Å²) in [4.78, 5) is 0. The molecule has 0 amide bonds. The summed E-state index contributed by atoms with van der Waals surface area (Å²) in [6.45, 7) is -1.39. The molecule has 0 radical (unpaired) electrons. The van der Waals surface area contributed by atoms with Gasteiger partial charge in [0.2, 0.25) is 0 Å². The molecule has 0 heterocycles. The van der Waals surface area contributed by atoms with Gasteiger partial charge in [-0.3, -0.25) is 5.43 Å². The number of methoxy groups -OCH3 is 1. The van der Waals surface area contributed by atoms with Gasteiger partial charge in [-0.2, -0.15) is 18.3 Å². The number of nitrogens with one attached hydrogen (secondary N) is 1. The van der Waals surface area contributed by atoms with Crippen molar-refractivity contribution in [3.63, 3.8) is 0 Å². The molecule has 20 heavy (non-hydrogen) atoms. The molecule has 5 nitrogen and oxygen atoms in total. The van der Waals surface area contributed by atoms with Crippen LogP contribution in [-0.4, -0.2) is 31.2 Å². The second-order valence-electron chi connectivity index (χ2n) is 3.55. The van der Waals surface area contributed by atoms with Gasteiger partial charge in [-0.15, -0.1) is 0 Å². The molecule has 0 atom stereocenters. The predicted octanol–water partition coefficient (Wildman–Crippen LogP) is 1.80. The number of hydrazone groups is 1. The molecule has 0 aliphatic rings. The maximum Gasteiger partial charge on any atom is 0.422 e. The lowest BCUT2D eigenvalue weighted by Gasteiger charge is -2.12. The Kier molecular flexibility index (Phi) is 5.56. The van der Waals surface area contributed by atoms with E-state index in [9.17, 15) is 13.2 Å². The van der Waals surface area contributed by atoms with Crippen LogP contribution in [0.5, 0.6) is 11.5 Å². The topological polar surface area (TPSA) is 68.9 Å². The molecular formula is C11H12F3N3O2S. The third-order valence-electron chi connectivity index (χ3n) is 1.97. The monoisotopic (exact) mass is 307 g/mol. The van der Waals surface area contributed by atoms with Gasteiger partial charge in [0.25, 0.3) is 0 Å². The molecule has 0 unspecified atom stereocenters. The maximum atomic E-state index is 12.1. The largest absolute Gasteiger partial charge is 0.493 e. The highest BCUT2D eigenvalue weighted by Crippen LogP contribution is 2.29. The number of rotatable bonds is 5. The van der Waals surface area contributed by atoms with Gasteiger partial charge in [-0.25, -0.2) is 0 Å². The molecule has 0 saturated heterocycles. The van der Waals surface area contributed by atoms with Crippen LogP contribution < -0.4 is 20.6 Å². The lowest BCUT2D eigenvalue weighted by molar-refractivity contribution is -0.153. The predicted molar refractivity (Wildman–Crippen MR) is 72.1 cm³/mol. The van der Waals surface area contributed by atoms with Crippen molar-refractivity contribution in [3.05, 3.63) is 23.8 Å². The van der Waals surface area contributed by atoms with E-state index >= 15 is 0 Å². The number of nitrogens with zero attached hydrogens (tertiary/aromatic N) is 1. The van der Waals surface area contributed by atoms with Crippen molar-refractivity contribution in [3.8, 4) is 11.5 Å². The van der Waals surface area contributed by atoms with Gasteiger partial charge >= 0.3 is 6.18 Å². The fourth-order valence-electron chi connectivity index (χ4n) is 1.21. The van der Waals surface area contributed by atoms with Crippen LogP contribution in [0.15, 0.2) is 23.3 Å². The van der Waals surface area contributed by atoms with Gasteiger partial charge in [0.05, 0.1) is 13.3 Å². The van der Waals surface area contributed by atoms with Gasteiger partial charge < -0.3 is 15.2 Å². The summed E-state index contributed by atoms with van der Waals surface area (Å²) in [6.07, 6.45) is -3.03. The lowest BCUT2D eigenvalue weighted by Crippen LogP contribution is -2.24. The molecule has 110 valence electrons. The van der Waals surface area contributed by atoms with Crippen LogP contribution in [0.2, 0.25) is 0 Å². The number of benzene rings is 1. The summed E-state index contributed by atoms with van der Waals surface area (Å²) in [7, 11) is 1.32. The van der Waals surface area contributed by atoms with Crippen LogP contribution in [0.4, 0.5) is 13.2 Å². The van der Waals surface area contributed by atoms with Crippen LogP contribution in [0.1, 0.15) is 5.56 Å². The molecule has 1 aromatic carbocycles. The van der Waals surface area contributed by atoms with E-state index < -0.39 is 12.8 Å². The second kappa shape index (κ2) is 6.94. The van der Waals surface area contributed by atoms with Crippen molar-refractivity contribution >= 4 is 23.5 Å². The Morgan fingerprint density at radius 1 is 1.45 bits per heavy atom. The molecule has 3 N–H and O–H groups in total. The Hall–Kier alpha value is -2.03. The van der Waals surface area contributed by atoms with Crippen LogP contribution in [0, 0.1) is 0 Å². The fourth-order valence-corrected chi connectivity index (χ4v) is 1.27. The summed E-state index contributed by atoms with van der Waals surface area (Å²) < 4.78 is 45.8. The fraction of sp³-hybridized carbons (Fsp3) is 0.273. The zero-order valence-electron chi connectivity index (χ0n) is 10.4. The molecule has 0 bridgehead atoms. The van der Waals surface area contributed by atoms with Crippen LogP contribution in [0.3, 0.4) is 0 Å². The molecule has 0 spiro atoms. The van der Waals surface area contributed by atoms with Gasteiger partial charge in [0.15, 0.2) is 23.2 Å². The summed E-state index contributed by atoms with van der Waals surface area (Å²) in [5.41, 5.74) is 8.10. The molecule has 1 rings (SSSR count). The van der Waals surface area contributed by atoms with Gasteiger partial charge in [-0.05, 0) is 36.0 Å². The van der Waals surface area contributed by atoms with Gasteiger partial charge in [0, 0.05) is 0 Å². The third-order valence-corrected chi connectivity index (χ3v) is 2.06. The molecule has 0 aliphatic carbocycles. The number of hydrogen-bond acceptors (Lipinski definition) is 4. The normalized spacial score (nSPS) is 11.4. The summed E-state index contributed by atoms with van der Waals surface area (Å²) in [5, 5.41) is 3.71. The highest BCUT2D eigenvalue weighted by Gasteiger charge is 2.28. The highest BCUT2D eigenvalue weighted by molar-refractivity contribution is 7.80. The Morgan fingerprint density at radius 3 is 2.70 bits per heavy atom. The van der Waals surface area contributed by atoms with E-state index in [2.05, 4.69) is 27.5 Å². The van der Waals surface area contributed by atoms with E-state index in [0.29, 0.717) is 5.56 Å². The van der Waals surface area contributed by atoms with E-state index in [4.69, 9.17) is 10.5 Å². The van der Waals surface area contributed by atoms with Crippen molar-refractivity contribution in [2.24, 2.45) is 10.8 Å². The van der Waals surface area contributed by atoms with Crippen molar-refractivity contribution in [2.75, 3.05) is 13.7 Å². The first-order valence-electron chi connectivity index (χ1n) is 5.28. The maximum absolute atomic E-state index is 12.1. The van der Waals surface area contributed by atoms with E-state index in [1.165, 1.54) is 31.5 Å². The van der Waals surface area contributed by atoms with Gasteiger partial charge in [0.1, 0.15) is 0 Å². The zero-order chi connectivity index (χ0) is 15.2. The first-order valence-corrected chi connectivity index (χ1v) is 5.69. The Labute approximate surface area is 118 Å². The number of hydrogen-bond donors (Lipinski definition) is 2. The summed E-state index contributed by atoms with van der Waals surface area (Å²) in [6, 6.07) is 4.34. The van der Waals surface area contributed by atoms with Gasteiger partial charge in [-0.1, -0.05) is 0 Å². The van der Waals surface area contributed by atoms with E-state index in [1.807, 2.05) is 0 Å². The van der Waals surface area contributed by atoms with Crippen molar-refractivity contribution in [2.45, 2.75) is 6.18 Å². The number of nitrogens with two attached hydrogens (primary N) is 1. The molecular weight excluding hydrogens is 295 g/mol. The van der Waals surface area contributed by atoms with Crippen molar-refractivity contribution in [1.29, 1.82) is 0 Å². The minimum atomic E-state index is -4.41. The van der Waals surface area contributed by atoms with Crippen LogP contribution >= 0.6 is 12.2 Å². The average Bonchev–Trinajstić information content (AvgIpc) is 2.35. The highest BCUT2D eigenvalue weighted by atomic mass is 32.1. The quantitative estimate of drug-likeness (QED) is 0.493. The molecule has 9 heteroatoms. The Bertz CT molecular complexity index is 506. The number of ether oxygens (including phenoxy) is 2.